The Labute approximate surface area is 99.8 Å². The van der Waals surface area contributed by atoms with Crippen molar-refractivity contribution in [3.8, 4) is 11.1 Å². The summed E-state index contributed by atoms with van der Waals surface area (Å²) in [7, 11) is 2.16. The highest BCUT2D eigenvalue weighted by Crippen LogP contribution is 2.17. The van der Waals surface area contributed by atoms with Gasteiger partial charge in [-0.2, -0.15) is 0 Å². The van der Waals surface area contributed by atoms with Crippen molar-refractivity contribution in [3.63, 3.8) is 0 Å². The molecule has 1 atom stereocenters. The molecule has 2 aromatic rings. The topological polar surface area (TPSA) is 9.23 Å². The first kappa shape index (κ1) is 12.9. The fourth-order valence-electron chi connectivity index (χ4n) is 1.26. The molecule has 0 bridgehead atoms. The van der Waals surface area contributed by atoms with Gasteiger partial charge < -0.3 is 4.52 Å². The normalized spacial score (nSPS) is 9.12. The molecule has 0 radical (unpaired) electrons. The first-order valence-electron chi connectivity index (χ1n) is 5.30. The van der Waals surface area contributed by atoms with Crippen molar-refractivity contribution in [1.82, 2.24) is 0 Å². The lowest BCUT2D eigenvalue weighted by Crippen LogP contribution is -1.73. The van der Waals surface area contributed by atoms with Gasteiger partial charge in [-0.3, -0.25) is 0 Å². The number of benzene rings is 2. The van der Waals surface area contributed by atoms with Crippen molar-refractivity contribution in [2.45, 2.75) is 6.92 Å². The first-order valence-corrected chi connectivity index (χ1v) is 5.77. The molecule has 0 aromatic heterocycles. The Bertz CT molecular complexity index is 333. The molecule has 0 spiro atoms. The lowest BCUT2D eigenvalue weighted by atomic mass is 10.1. The lowest BCUT2D eigenvalue weighted by molar-refractivity contribution is 0.400. The molecule has 0 aliphatic rings. The van der Waals surface area contributed by atoms with Crippen LogP contribution in [0.5, 0.6) is 0 Å². The van der Waals surface area contributed by atoms with Gasteiger partial charge in [-0.25, -0.2) is 0 Å². The molecule has 2 rings (SSSR count). The molecule has 2 heteroatoms. The van der Waals surface area contributed by atoms with E-state index in [9.17, 15) is 0 Å². The summed E-state index contributed by atoms with van der Waals surface area (Å²) in [6.07, 6.45) is 0. The van der Waals surface area contributed by atoms with Gasteiger partial charge in [0, 0.05) is 16.1 Å². The zero-order valence-electron chi connectivity index (χ0n) is 9.47. The molecule has 1 unspecified atom stereocenters. The van der Waals surface area contributed by atoms with Gasteiger partial charge in [-0.1, -0.05) is 60.7 Å². The highest BCUT2D eigenvalue weighted by molar-refractivity contribution is 7.09. The Balaban J connectivity index is 0.000000280. The van der Waals surface area contributed by atoms with E-state index < -0.39 is 0 Å². The van der Waals surface area contributed by atoms with Crippen molar-refractivity contribution in [2.24, 2.45) is 0 Å². The van der Waals surface area contributed by atoms with Crippen molar-refractivity contribution in [2.75, 3.05) is 6.61 Å². The molecule has 0 amide bonds. The van der Waals surface area contributed by atoms with Crippen LogP contribution < -0.4 is 0 Å². The predicted molar refractivity (Wildman–Crippen MR) is 73.2 cm³/mol. The lowest BCUT2D eigenvalue weighted by Gasteiger charge is -1.98. The van der Waals surface area contributed by atoms with Crippen LogP contribution in [0.2, 0.25) is 0 Å². The minimum absolute atomic E-state index is 0.782. The number of rotatable bonds is 2. The van der Waals surface area contributed by atoms with Crippen LogP contribution in [-0.4, -0.2) is 6.61 Å². The van der Waals surface area contributed by atoms with Crippen molar-refractivity contribution in [1.29, 1.82) is 0 Å². The molecule has 0 saturated heterocycles. The largest absolute Gasteiger partial charge is 0.366 e. The monoisotopic (exact) mass is 232 g/mol. The van der Waals surface area contributed by atoms with Crippen LogP contribution in [0.3, 0.4) is 0 Å². The van der Waals surface area contributed by atoms with Crippen LogP contribution in [0.15, 0.2) is 60.7 Å². The third kappa shape index (κ3) is 4.57. The molecule has 1 nitrogen and oxygen atoms in total. The smallest absolute Gasteiger partial charge is 0.0473 e. The van der Waals surface area contributed by atoms with Gasteiger partial charge >= 0.3 is 0 Å². The second-order valence-electron chi connectivity index (χ2n) is 3.19. The minimum atomic E-state index is 0.782. The highest BCUT2D eigenvalue weighted by atomic mass is 31.0. The predicted octanol–water partition coefficient (Wildman–Crippen LogP) is 4.17. The third-order valence-electron chi connectivity index (χ3n) is 2.05. The van der Waals surface area contributed by atoms with Crippen LogP contribution >= 0.6 is 9.47 Å². The Morgan fingerprint density at radius 3 is 1.38 bits per heavy atom. The van der Waals surface area contributed by atoms with Crippen molar-refractivity contribution < 1.29 is 4.52 Å². The summed E-state index contributed by atoms with van der Waals surface area (Å²) >= 11 is 0. The third-order valence-corrected chi connectivity index (χ3v) is 2.38. The summed E-state index contributed by atoms with van der Waals surface area (Å²) in [5.74, 6) is 0. The van der Waals surface area contributed by atoms with Crippen LogP contribution in [0.25, 0.3) is 11.1 Å². The van der Waals surface area contributed by atoms with E-state index in [-0.39, 0.29) is 0 Å². The average molecular weight is 232 g/mol. The van der Waals surface area contributed by atoms with E-state index in [0.29, 0.717) is 0 Å². The fraction of sp³-hybridized carbons (Fsp3) is 0.143. The molecule has 16 heavy (non-hydrogen) atoms. The van der Waals surface area contributed by atoms with Gasteiger partial charge in [0.1, 0.15) is 0 Å². The summed E-state index contributed by atoms with van der Waals surface area (Å²) in [4.78, 5) is 0. The summed E-state index contributed by atoms with van der Waals surface area (Å²) in [5.41, 5.74) is 2.55. The van der Waals surface area contributed by atoms with Crippen LogP contribution in [0, 0.1) is 0 Å². The SMILES string of the molecule is CCOP.c1ccc(-c2ccccc2)cc1. The van der Waals surface area contributed by atoms with Crippen LogP contribution in [-0.2, 0) is 4.52 Å². The maximum absolute atomic E-state index is 4.46. The molecule has 84 valence electrons. The maximum Gasteiger partial charge on any atom is 0.0473 e. The second-order valence-corrected chi connectivity index (χ2v) is 3.52. The van der Waals surface area contributed by atoms with Gasteiger partial charge in [0.05, 0.1) is 0 Å². The molecular formula is C14H17OP. The zero-order valence-corrected chi connectivity index (χ0v) is 10.6. The molecule has 0 saturated carbocycles. The molecule has 0 N–H and O–H groups in total. The minimum Gasteiger partial charge on any atom is -0.366 e. The molecule has 0 aliphatic heterocycles. The van der Waals surface area contributed by atoms with E-state index in [1.807, 2.05) is 19.1 Å². The van der Waals surface area contributed by atoms with Crippen LogP contribution in [0.1, 0.15) is 6.92 Å². The Morgan fingerprint density at radius 2 is 1.12 bits per heavy atom. The van der Waals surface area contributed by atoms with Crippen LogP contribution in [0.4, 0.5) is 0 Å². The number of hydrogen-bond acceptors (Lipinski definition) is 1. The summed E-state index contributed by atoms with van der Waals surface area (Å²) in [6.45, 7) is 2.72. The zero-order chi connectivity index (χ0) is 11.6. The average Bonchev–Trinajstić information content (AvgIpc) is 2.41. The molecule has 0 heterocycles. The number of hydrogen-bond donors (Lipinski definition) is 0. The van der Waals surface area contributed by atoms with Gasteiger partial charge in [-0.05, 0) is 18.1 Å². The summed E-state index contributed by atoms with van der Waals surface area (Å²) < 4.78 is 4.46. The molecule has 0 aliphatic carbocycles. The van der Waals surface area contributed by atoms with E-state index in [1.165, 1.54) is 11.1 Å². The molecule has 2 aromatic carbocycles. The van der Waals surface area contributed by atoms with E-state index in [4.69, 9.17) is 0 Å². The summed E-state index contributed by atoms with van der Waals surface area (Å²) in [5, 5.41) is 0. The van der Waals surface area contributed by atoms with Gasteiger partial charge in [0.2, 0.25) is 0 Å². The Hall–Kier alpha value is -1.17. The van der Waals surface area contributed by atoms with Crippen molar-refractivity contribution >= 4 is 9.47 Å². The van der Waals surface area contributed by atoms with E-state index >= 15 is 0 Å². The second kappa shape index (κ2) is 8.04. The Morgan fingerprint density at radius 1 is 0.812 bits per heavy atom. The first-order chi connectivity index (χ1) is 7.88. The van der Waals surface area contributed by atoms with Gasteiger partial charge in [-0.15, -0.1) is 0 Å². The molecular weight excluding hydrogens is 215 g/mol. The van der Waals surface area contributed by atoms with Gasteiger partial charge in [0.15, 0.2) is 0 Å². The van der Waals surface area contributed by atoms with E-state index in [2.05, 4.69) is 62.5 Å². The Kier molecular flexibility index (Phi) is 6.48. The van der Waals surface area contributed by atoms with E-state index in [1.54, 1.807) is 0 Å². The quantitative estimate of drug-likeness (QED) is 0.706. The fourth-order valence-corrected chi connectivity index (χ4v) is 1.26. The standard InChI is InChI=1S/C12H10.C2H7OP/c1-3-7-11(8-4-1)12-9-5-2-6-10-12;1-2-3-4/h1-10H;2,4H2,1H3. The summed E-state index contributed by atoms with van der Waals surface area (Å²) in [6, 6.07) is 20.8. The van der Waals surface area contributed by atoms with Gasteiger partial charge in [0.25, 0.3) is 0 Å². The maximum atomic E-state index is 4.46. The highest BCUT2D eigenvalue weighted by Gasteiger charge is 1.91. The van der Waals surface area contributed by atoms with Crippen molar-refractivity contribution in [3.05, 3.63) is 60.7 Å². The van der Waals surface area contributed by atoms with E-state index in [0.717, 1.165) is 6.61 Å². The molecule has 0 fully saturated rings.